The van der Waals surface area contributed by atoms with Gasteiger partial charge >= 0.3 is 0 Å². The van der Waals surface area contributed by atoms with Crippen LogP contribution in [0.4, 0.5) is 0 Å². The Kier molecular flexibility index (Phi) is 12.7. The van der Waals surface area contributed by atoms with Crippen molar-refractivity contribution >= 4 is 5.96 Å². The van der Waals surface area contributed by atoms with Crippen molar-refractivity contribution < 1.29 is 9.47 Å². The van der Waals surface area contributed by atoms with Crippen molar-refractivity contribution in [1.82, 2.24) is 15.5 Å². The second-order valence-corrected chi connectivity index (χ2v) is 7.60. The predicted molar refractivity (Wildman–Crippen MR) is 110 cm³/mol. The summed E-state index contributed by atoms with van der Waals surface area (Å²) in [6.07, 6.45) is 3.23. The van der Waals surface area contributed by atoms with E-state index in [9.17, 15) is 0 Å². The minimum Gasteiger partial charge on any atom is -0.381 e. The molecule has 0 saturated carbocycles. The second kappa shape index (κ2) is 14.2. The summed E-state index contributed by atoms with van der Waals surface area (Å²) in [7, 11) is 0. The molecule has 0 atom stereocenters. The Hall–Kier alpha value is -0.850. The summed E-state index contributed by atoms with van der Waals surface area (Å²) < 4.78 is 11.2. The number of rotatable bonds is 12. The average Bonchev–Trinajstić information content (AvgIpc) is 2.61. The van der Waals surface area contributed by atoms with Crippen LogP contribution in [-0.4, -0.2) is 75.5 Å². The SMILES string of the molecule is CCNC(=NCCCOCC1CCOCC1)NCCN(C(C)C)C(C)C. The topological polar surface area (TPSA) is 58.1 Å². The van der Waals surface area contributed by atoms with Crippen LogP contribution in [0.2, 0.25) is 0 Å². The quantitative estimate of drug-likeness (QED) is 0.314. The van der Waals surface area contributed by atoms with Gasteiger partial charge in [-0.25, -0.2) is 0 Å². The molecule has 0 aromatic heterocycles. The van der Waals surface area contributed by atoms with Crippen LogP contribution in [0.3, 0.4) is 0 Å². The van der Waals surface area contributed by atoms with Crippen molar-refractivity contribution in [2.75, 3.05) is 52.6 Å². The van der Waals surface area contributed by atoms with Crippen LogP contribution >= 0.6 is 0 Å². The highest BCUT2D eigenvalue weighted by Crippen LogP contribution is 2.14. The van der Waals surface area contributed by atoms with Crippen molar-refractivity contribution in [3.05, 3.63) is 0 Å². The van der Waals surface area contributed by atoms with Gasteiger partial charge in [0.2, 0.25) is 0 Å². The Bertz CT molecular complexity index is 361. The van der Waals surface area contributed by atoms with Gasteiger partial charge in [0, 0.05) is 64.7 Å². The van der Waals surface area contributed by atoms with Crippen LogP contribution in [0, 0.1) is 5.92 Å². The highest BCUT2D eigenvalue weighted by Gasteiger charge is 2.14. The molecule has 0 unspecified atom stereocenters. The molecule has 0 amide bonds. The van der Waals surface area contributed by atoms with E-state index in [-0.39, 0.29) is 0 Å². The van der Waals surface area contributed by atoms with E-state index < -0.39 is 0 Å². The molecule has 0 radical (unpaired) electrons. The monoisotopic (exact) mass is 370 g/mol. The maximum atomic E-state index is 5.81. The van der Waals surface area contributed by atoms with Crippen molar-refractivity contribution in [2.45, 2.75) is 66.0 Å². The molecular formula is C20H42N4O2. The molecule has 2 N–H and O–H groups in total. The Balaban J connectivity index is 2.19. The molecule has 1 fully saturated rings. The van der Waals surface area contributed by atoms with Gasteiger partial charge in [-0.1, -0.05) is 0 Å². The fraction of sp³-hybridized carbons (Fsp3) is 0.950. The number of hydrogen-bond donors (Lipinski definition) is 2. The Labute approximate surface area is 161 Å². The largest absolute Gasteiger partial charge is 0.381 e. The Morgan fingerprint density at radius 3 is 2.46 bits per heavy atom. The summed E-state index contributed by atoms with van der Waals surface area (Å²) in [5.74, 6) is 1.58. The zero-order valence-electron chi connectivity index (χ0n) is 17.7. The third-order valence-corrected chi connectivity index (χ3v) is 4.74. The molecule has 6 nitrogen and oxygen atoms in total. The third kappa shape index (κ3) is 10.3. The zero-order valence-corrected chi connectivity index (χ0v) is 17.7. The average molecular weight is 371 g/mol. The molecule has 6 heteroatoms. The summed E-state index contributed by atoms with van der Waals surface area (Å²) >= 11 is 0. The van der Waals surface area contributed by atoms with Gasteiger partial charge in [-0.2, -0.15) is 0 Å². The molecule has 1 aliphatic rings. The van der Waals surface area contributed by atoms with Crippen molar-refractivity contribution in [3.63, 3.8) is 0 Å². The fourth-order valence-electron chi connectivity index (χ4n) is 3.28. The molecular weight excluding hydrogens is 328 g/mol. The summed E-state index contributed by atoms with van der Waals surface area (Å²) in [6.45, 7) is 18.1. The number of nitrogens with one attached hydrogen (secondary N) is 2. The summed E-state index contributed by atoms with van der Waals surface area (Å²) in [5, 5.41) is 6.77. The van der Waals surface area contributed by atoms with E-state index in [4.69, 9.17) is 9.47 Å². The van der Waals surface area contributed by atoms with Crippen LogP contribution in [-0.2, 0) is 9.47 Å². The van der Waals surface area contributed by atoms with E-state index in [2.05, 4.69) is 55.1 Å². The number of aliphatic imine (C=N–C) groups is 1. The first-order valence-corrected chi connectivity index (χ1v) is 10.5. The molecule has 1 aliphatic heterocycles. The number of nitrogens with zero attached hydrogens (tertiary/aromatic N) is 2. The van der Waals surface area contributed by atoms with Crippen molar-refractivity contribution in [2.24, 2.45) is 10.9 Å². The van der Waals surface area contributed by atoms with Gasteiger partial charge in [-0.05, 0) is 59.8 Å². The molecule has 1 heterocycles. The van der Waals surface area contributed by atoms with Gasteiger partial charge in [0.25, 0.3) is 0 Å². The second-order valence-electron chi connectivity index (χ2n) is 7.60. The first-order chi connectivity index (χ1) is 12.5. The lowest BCUT2D eigenvalue weighted by molar-refractivity contribution is 0.0205. The van der Waals surface area contributed by atoms with Crippen molar-refractivity contribution in [3.8, 4) is 0 Å². The number of hydrogen-bond acceptors (Lipinski definition) is 4. The minimum atomic E-state index is 0.559. The van der Waals surface area contributed by atoms with E-state index in [1.165, 1.54) is 0 Å². The smallest absolute Gasteiger partial charge is 0.191 e. The summed E-state index contributed by atoms with van der Waals surface area (Å²) in [5.41, 5.74) is 0. The number of ether oxygens (including phenoxy) is 2. The zero-order chi connectivity index (χ0) is 19.2. The molecule has 0 aromatic carbocycles. The van der Waals surface area contributed by atoms with Crippen molar-refractivity contribution in [1.29, 1.82) is 0 Å². The van der Waals surface area contributed by atoms with Gasteiger partial charge in [0.05, 0.1) is 0 Å². The normalized spacial score (nSPS) is 16.7. The molecule has 0 spiro atoms. The molecule has 26 heavy (non-hydrogen) atoms. The van der Waals surface area contributed by atoms with E-state index in [1.807, 2.05) is 0 Å². The molecule has 1 saturated heterocycles. The molecule has 154 valence electrons. The first kappa shape index (κ1) is 23.2. The highest BCUT2D eigenvalue weighted by molar-refractivity contribution is 5.79. The van der Waals surface area contributed by atoms with E-state index in [0.717, 1.165) is 77.8 Å². The lowest BCUT2D eigenvalue weighted by atomic mass is 10.0. The molecule has 0 aromatic rings. The minimum absolute atomic E-state index is 0.559. The van der Waals surface area contributed by atoms with Gasteiger partial charge in [-0.3, -0.25) is 9.89 Å². The standard InChI is InChI=1S/C20H42N4O2/c1-6-21-20(23-11-12-24(17(2)3)18(4)5)22-10-7-13-26-16-19-8-14-25-15-9-19/h17-19H,6-16H2,1-5H3,(H2,21,22,23). The fourth-order valence-corrected chi connectivity index (χ4v) is 3.28. The summed E-state index contributed by atoms with van der Waals surface area (Å²) in [6, 6.07) is 1.12. The maximum absolute atomic E-state index is 5.81. The molecule has 0 aliphatic carbocycles. The van der Waals surface area contributed by atoms with E-state index in [0.29, 0.717) is 18.0 Å². The maximum Gasteiger partial charge on any atom is 0.191 e. The van der Waals surface area contributed by atoms with Gasteiger partial charge in [-0.15, -0.1) is 0 Å². The van der Waals surface area contributed by atoms with E-state index >= 15 is 0 Å². The van der Waals surface area contributed by atoms with Crippen LogP contribution in [0.5, 0.6) is 0 Å². The van der Waals surface area contributed by atoms with Gasteiger partial charge in [0.15, 0.2) is 5.96 Å². The Morgan fingerprint density at radius 2 is 1.85 bits per heavy atom. The summed E-state index contributed by atoms with van der Waals surface area (Å²) in [4.78, 5) is 7.15. The lowest BCUT2D eigenvalue weighted by Crippen LogP contribution is -2.45. The predicted octanol–water partition coefficient (Wildman–Crippen LogP) is 2.49. The lowest BCUT2D eigenvalue weighted by Gasteiger charge is -2.30. The van der Waals surface area contributed by atoms with Crippen LogP contribution < -0.4 is 10.6 Å². The third-order valence-electron chi connectivity index (χ3n) is 4.74. The number of guanidine groups is 1. The van der Waals surface area contributed by atoms with Crippen LogP contribution in [0.15, 0.2) is 4.99 Å². The van der Waals surface area contributed by atoms with E-state index in [1.54, 1.807) is 0 Å². The molecule has 1 rings (SSSR count). The molecule has 0 bridgehead atoms. The first-order valence-electron chi connectivity index (χ1n) is 10.5. The van der Waals surface area contributed by atoms with Crippen LogP contribution in [0.25, 0.3) is 0 Å². The van der Waals surface area contributed by atoms with Gasteiger partial charge < -0.3 is 20.1 Å². The Morgan fingerprint density at radius 1 is 1.15 bits per heavy atom. The van der Waals surface area contributed by atoms with Gasteiger partial charge in [0.1, 0.15) is 0 Å². The van der Waals surface area contributed by atoms with Crippen LogP contribution in [0.1, 0.15) is 53.9 Å². The highest BCUT2D eigenvalue weighted by atomic mass is 16.5.